The second-order valence-electron chi connectivity index (χ2n) is 6.07. The molecule has 0 unspecified atom stereocenters. The second-order valence-corrected chi connectivity index (χ2v) is 6.43. The molecule has 7 heteroatoms. The van der Waals surface area contributed by atoms with Crippen LogP contribution in [0.4, 0.5) is 11.4 Å². The molecule has 0 aliphatic carbocycles. The fourth-order valence-electron chi connectivity index (χ4n) is 3.05. The van der Waals surface area contributed by atoms with Gasteiger partial charge < -0.3 is 0 Å². The lowest BCUT2D eigenvalue weighted by Gasteiger charge is -2.06. The van der Waals surface area contributed by atoms with Crippen molar-refractivity contribution in [2.45, 2.75) is 0 Å². The zero-order valence-corrected chi connectivity index (χ0v) is 15.4. The molecule has 3 aromatic carbocycles. The van der Waals surface area contributed by atoms with Gasteiger partial charge in [-0.15, -0.1) is 0 Å². The Bertz CT molecular complexity index is 1190. The summed E-state index contributed by atoms with van der Waals surface area (Å²) < 4.78 is 1.96. The van der Waals surface area contributed by atoms with Crippen LogP contribution >= 0.6 is 11.6 Å². The molecule has 0 saturated heterocycles. The Balaban J connectivity index is 1.72. The van der Waals surface area contributed by atoms with Gasteiger partial charge in [0.15, 0.2) is 0 Å². The number of halogens is 1. The standard InChI is InChI=1S/C21H15ClN4O2/c22-21-19(14-23-24-15-7-6-10-17(13-15)26(27)28)18-11-4-5-12-20(18)25(21)16-8-2-1-3-9-16/h1-14,24H/b23-14-. The normalized spacial score (nSPS) is 11.2. The first-order valence-corrected chi connectivity index (χ1v) is 8.91. The number of non-ortho nitro benzene ring substituents is 1. The zero-order chi connectivity index (χ0) is 19.5. The van der Waals surface area contributed by atoms with E-state index >= 15 is 0 Å². The van der Waals surface area contributed by atoms with E-state index in [-0.39, 0.29) is 5.69 Å². The molecule has 1 aromatic heterocycles. The number of fused-ring (bicyclic) bond motifs is 1. The summed E-state index contributed by atoms with van der Waals surface area (Å²) in [5.41, 5.74) is 6.03. The number of para-hydroxylation sites is 2. The Morgan fingerprint density at radius 2 is 1.75 bits per heavy atom. The van der Waals surface area contributed by atoms with Crippen LogP contribution in [0.5, 0.6) is 0 Å². The van der Waals surface area contributed by atoms with Gasteiger partial charge >= 0.3 is 0 Å². The zero-order valence-electron chi connectivity index (χ0n) is 14.6. The lowest BCUT2D eigenvalue weighted by molar-refractivity contribution is -0.384. The Hall–Kier alpha value is -3.64. The molecule has 1 heterocycles. The third-order valence-corrected chi connectivity index (χ3v) is 4.68. The van der Waals surface area contributed by atoms with Gasteiger partial charge in [-0.1, -0.05) is 54.1 Å². The van der Waals surface area contributed by atoms with Gasteiger partial charge in [-0.05, 0) is 24.3 Å². The van der Waals surface area contributed by atoms with Gasteiger partial charge in [-0.25, -0.2) is 0 Å². The van der Waals surface area contributed by atoms with E-state index in [1.54, 1.807) is 18.3 Å². The molecule has 0 aliphatic heterocycles. The summed E-state index contributed by atoms with van der Waals surface area (Å²) in [6.45, 7) is 0. The van der Waals surface area contributed by atoms with Crippen LogP contribution < -0.4 is 5.43 Å². The van der Waals surface area contributed by atoms with Crippen LogP contribution in [0.1, 0.15) is 5.56 Å². The molecule has 0 saturated carbocycles. The molecule has 0 aliphatic rings. The van der Waals surface area contributed by atoms with Crippen LogP contribution in [0, 0.1) is 10.1 Å². The quantitative estimate of drug-likeness (QED) is 0.272. The van der Waals surface area contributed by atoms with Gasteiger partial charge in [0.25, 0.3) is 5.69 Å². The highest BCUT2D eigenvalue weighted by molar-refractivity contribution is 6.34. The average molecular weight is 391 g/mol. The lowest BCUT2D eigenvalue weighted by Crippen LogP contribution is -1.95. The van der Waals surface area contributed by atoms with Crippen molar-refractivity contribution in [1.82, 2.24) is 4.57 Å². The van der Waals surface area contributed by atoms with E-state index in [0.29, 0.717) is 10.8 Å². The molecule has 0 amide bonds. The maximum atomic E-state index is 10.9. The van der Waals surface area contributed by atoms with E-state index in [4.69, 9.17) is 11.6 Å². The van der Waals surface area contributed by atoms with Crippen molar-refractivity contribution in [2.75, 3.05) is 5.43 Å². The molecular weight excluding hydrogens is 376 g/mol. The minimum Gasteiger partial charge on any atom is -0.300 e. The van der Waals surface area contributed by atoms with Gasteiger partial charge in [0.05, 0.1) is 22.3 Å². The fraction of sp³-hybridized carbons (Fsp3) is 0. The third kappa shape index (κ3) is 3.33. The Morgan fingerprint density at radius 1 is 1.00 bits per heavy atom. The summed E-state index contributed by atoms with van der Waals surface area (Å²) >= 11 is 6.69. The molecule has 0 bridgehead atoms. The molecule has 138 valence electrons. The third-order valence-electron chi connectivity index (χ3n) is 4.31. The highest BCUT2D eigenvalue weighted by Gasteiger charge is 2.15. The number of nitro groups is 1. The van der Waals surface area contributed by atoms with Crippen LogP contribution in [-0.4, -0.2) is 15.7 Å². The van der Waals surface area contributed by atoms with Crippen LogP contribution in [-0.2, 0) is 0 Å². The number of nitrogens with one attached hydrogen (secondary N) is 1. The predicted molar refractivity (Wildman–Crippen MR) is 113 cm³/mol. The number of nitro benzene ring substituents is 1. The summed E-state index contributed by atoms with van der Waals surface area (Å²) in [5.74, 6) is 0. The summed E-state index contributed by atoms with van der Waals surface area (Å²) in [6, 6.07) is 23.9. The smallest absolute Gasteiger partial charge is 0.271 e. The maximum Gasteiger partial charge on any atom is 0.271 e. The number of anilines is 1. The molecule has 0 fully saturated rings. The highest BCUT2D eigenvalue weighted by Crippen LogP contribution is 2.32. The Labute approximate surface area is 165 Å². The summed E-state index contributed by atoms with van der Waals surface area (Å²) in [7, 11) is 0. The van der Waals surface area contributed by atoms with Gasteiger partial charge in [0.2, 0.25) is 0 Å². The van der Waals surface area contributed by atoms with Crippen LogP contribution in [0.3, 0.4) is 0 Å². The molecule has 6 nitrogen and oxygen atoms in total. The van der Waals surface area contributed by atoms with Gasteiger partial charge in [0, 0.05) is 28.8 Å². The number of hydrazone groups is 1. The van der Waals surface area contributed by atoms with Crippen LogP contribution in [0.2, 0.25) is 5.15 Å². The van der Waals surface area contributed by atoms with Crippen molar-refractivity contribution in [2.24, 2.45) is 5.10 Å². The first-order chi connectivity index (χ1) is 13.6. The molecule has 0 atom stereocenters. The van der Waals surface area contributed by atoms with E-state index < -0.39 is 4.92 Å². The monoisotopic (exact) mass is 390 g/mol. The van der Waals surface area contributed by atoms with Crippen LogP contribution in [0.15, 0.2) is 84.0 Å². The fourth-order valence-corrected chi connectivity index (χ4v) is 3.39. The number of aromatic nitrogens is 1. The molecule has 0 spiro atoms. The first-order valence-electron chi connectivity index (χ1n) is 8.53. The van der Waals surface area contributed by atoms with E-state index in [0.717, 1.165) is 22.2 Å². The maximum absolute atomic E-state index is 10.9. The average Bonchev–Trinajstić information content (AvgIpc) is 3.00. The Morgan fingerprint density at radius 3 is 2.54 bits per heavy atom. The largest absolute Gasteiger partial charge is 0.300 e. The van der Waals surface area contributed by atoms with Crippen molar-refractivity contribution in [3.63, 3.8) is 0 Å². The van der Waals surface area contributed by atoms with Crippen molar-refractivity contribution < 1.29 is 4.92 Å². The first kappa shape index (κ1) is 17.8. The number of hydrogen-bond donors (Lipinski definition) is 1. The van der Waals surface area contributed by atoms with Crippen molar-refractivity contribution in [1.29, 1.82) is 0 Å². The topological polar surface area (TPSA) is 72.5 Å². The molecular formula is C21H15ClN4O2. The molecule has 28 heavy (non-hydrogen) atoms. The van der Waals surface area contributed by atoms with Gasteiger partial charge in [-0.2, -0.15) is 5.10 Å². The summed E-state index contributed by atoms with van der Waals surface area (Å²) in [5, 5.41) is 16.6. The highest BCUT2D eigenvalue weighted by atomic mass is 35.5. The van der Waals surface area contributed by atoms with Gasteiger partial charge in [-0.3, -0.25) is 20.1 Å². The molecule has 4 aromatic rings. The van der Waals surface area contributed by atoms with E-state index in [9.17, 15) is 10.1 Å². The Kier molecular flexibility index (Phi) is 4.78. The van der Waals surface area contributed by atoms with Gasteiger partial charge in [0.1, 0.15) is 5.15 Å². The molecule has 1 N–H and O–H groups in total. The molecule has 4 rings (SSSR count). The van der Waals surface area contributed by atoms with Crippen LogP contribution in [0.25, 0.3) is 16.6 Å². The number of benzene rings is 3. The number of nitrogens with zero attached hydrogens (tertiary/aromatic N) is 3. The SMILES string of the molecule is O=[N+]([O-])c1cccc(N/N=C\c2c(Cl)n(-c3ccccc3)c3ccccc23)c1. The minimum absolute atomic E-state index is 0.00101. The number of hydrogen-bond acceptors (Lipinski definition) is 4. The van der Waals surface area contributed by atoms with Crippen molar-refractivity contribution >= 4 is 40.1 Å². The van der Waals surface area contributed by atoms with Crippen molar-refractivity contribution in [3.05, 3.63) is 99.7 Å². The summed E-state index contributed by atoms with van der Waals surface area (Å²) in [6.07, 6.45) is 1.63. The minimum atomic E-state index is -0.445. The van der Waals surface area contributed by atoms with E-state index in [1.807, 2.05) is 59.2 Å². The predicted octanol–water partition coefficient (Wildman–Crippen LogP) is 5.64. The van der Waals surface area contributed by atoms with E-state index in [1.165, 1.54) is 12.1 Å². The molecule has 0 radical (unpaired) electrons. The second kappa shape index (κ2) is 7.54. The summed E-state index contributed by atoms with van der Waals surface area (Å²) in [4.78, 5) is 10.5. The lowest BCUT2D eigenvalue weighted by atomic mass is 10.2. The van der Waals surface area contributed by atoms with Crippen molar-refractivity contribution in [3.8, 4) is 5.69 Å². The van der Waals surface area contributed by atoms with E-state index in [2.05, 4.69) is 10.5 Å². The number of rotatable bonds is 5.